The summed E-state index contributed by atoms with van der Waals surface area (Å²) < 4.78 is 38.9. The number of amides is 6. The predicted molar refractivity (Wildman–Crippen MR) is 124 cm³/mol. The summed E-state index contributed by atoms with van der Waals surface area (Å²) in [6.07, 6.45) is 0. The molecule has 2 atom stereocenters. The minimum absolute atomic E-state index is 0. The van der Waals surface area contributed by atoms with Gasteiger partial charge in [-0.3, -0.25) is 9.59 Å². The molecule has 3 rings (SSSR count). The molecule has 15 heteroatoms. The molecule has 6 amide bonds. The number of β-lactam (4-membered cyclic amide) rings is 1. The van der Waals surface area contributed by atoms with E-state index in [0.29, 0.717) is 22.8 Å². The second kappa shape index (κ2) is 12.9. The van der Waals surface area contributed by atoms with Gasteiger partial charge in [0, 0.05) is 14.1 Å². The maximum absolute atomic E-state index is 13.0. The Morgan fingerprint density at radius 1 is 1.11 bits per heavy atom. The van der Waals surface area contributed by atoms with Gasteiger partial charge in [-0.1, -0.05) is 42.5 Å². The van der Waals surface area contributed by atoms with Gasteiger partial charge in [-0.15, -0.1) is 0 Å². The number of hydrogen-bond acceptors (Lipinski definition) is 8. The third-order valence-corrected chi connectivity index (χ3v) is 6.16. The van der Waals surface area contributed by atoms with E-state index in [4.69, 9.17) is 4.74 Å². The van der Waals surface area contributed by atoms with Gasteiger partial charge in [0.15, 0.2) is 10.3 Å². The van der Waals surface area contributed by atoms with E-state index in [1.807, 2.05) is 30.3 Å². The molecule has 0 aliphatic carbocycles. The minimum atomic E-state index is -4.98. The van der Waals surface area contributed by atoms with Crippen molar-refractivity contribution < 1.29 is 66.4 Å². The summed E-state index contributed by atoms with van der Waals surface area (Å²) in [7, 11) is -2.47. The molecule has 192 valence electrons. The van der Waals surface area contributed by atoms with Gasteiger partial charge in [0.25, 0.3) is 5.91 Å². The molecule has 1 heterocycles. The van der Waals surface area contributed by atoms with Crippen LogP contribution in [0.3, 0.4) is 0 Å². The molecule has 0 spiro atoms. The number of nitrogens with one attached hydrogen (secondary N) is 3. The Bertz CT molecular complexity index is 1240. The number of urea groups is 2. The van der Waals surface area contributed by atoms with Crippen LogP contribution in [0.1, 0.15) is 17.2 Å². The third-order valence-electron chi connectivity index (χ3n) is 5.29. The van der Waals surface area contributed by atoms with Crippen LogP contribution in [0.2, 0.25) is 0 Å². The van der Waals surface area contributed by atoms with E-state index in [0.717, 1.165) is 5.56 Å². The zero-order valence-corrected chi connectivity index (χ0v) is 23.2. The standard InChI is InChI=1S/C22H25N5O8S.Na/c1-23-21(30)26(2)22(31)25-18(19(28)24-17-12-27(20(17)29)36(32,33)34)15-8-10-16(11-9-15)35-13-14-6-4-3-5-7-14;/h3-11,17-18H,12-13H2,1-2H3,(H,23,30)(H,24,28)(H,25,31)(H,32,33,34);/q;+1/p-1. The molecule has 1 saturated heterocycles. The fourth-order valence-corrected chi connectivity index (χ4v) is 3.92. The fourth-order valence-electron chi connectivity index (χ4n) is 3.24. The van der Waals surface area contributed by atoms with Crippen LogP contribution < -0.4 is 50.2 Å². The van der Waals surface area contributed by atoms with Gasteiger partial charge in [0.1, 0.15) is 24.4 Å². The number of rotatable bonds is 8. The Morgan fingerprint density at radius 2 is 1.73 bits per heavy atom. The molecule has 0 aromatic heterocycles. The van der Waals surface area contributed by atoms with Crippen molar-refractivity contribution in [2.24, 2.45) is 0 Å². The number of imide groups is 1. The SMILES string of the molecule is CNC(=O)N(C)C(=O)NC(C(=O)NC1CN(S(=O)(=O)[O-])C1=O)c1ccc(OCc2ccccc2)cc1.[Na+]. The molecule has 3 N–H and O–H groups in total. The monoisotopic (exact) mass is 541 g/mol. The van der Waals surface area contributed by atoms with Crippen molar-refractivity contribution in [2.45, 2.75) is 18.7 Å². The summed E-state index contributed by atoms with van der Waals surface area (Å²) in [6, 6.07) is 11.3. The maximum atomic E-state index is 13.0. The molecule has 13 nitrogen and oxygen atoms in total. The molecule has 0 bridgehead atoms. The van der Waals surface area contributed by atoms with Gasteiger partial charge in [-0.05, 0) is 23.3 Å². The molecule has 0 saturated carbocycles. The van der Waals surface area contributed by atoms with Crippen LogP contribution in [0.25, 0.3) is 0 Å². The summed E-state index contributed by atoms with van der Waals surface area (Å²) in [5.74, 6) is -1.45. The quantitative estimate of drug-likeness (QED) is 0.181. The molecule has 2 aromatic carbocycles. The number of hydrogen-bond donors (Lipinski definition) is 3. The van der Waals surface area contributed by atoms with Crippen molar-refractivity contribution in [3.63, 3.8) is 0 Å². The summed E-state index contributed by atoms with van der Waals surface area (Å²) in [5, 5.41) is 6.99. The predicted octanol–water partition coefficient (Wildman–Crippen LogP) is -2.92. The Kier molecular flexibility index (Phi) is 10.5. The third kappa shape index (κ3) is 7.66. The van der Waals surface area contributed by atoms with Gasteiger partial charge in [0.2, 0.25) is 5.91 Å². The molecule has 2 unspecified atom stereocenters. The van der Waals surface area contributed by atoms with E-state index in [1.54, 1.807) is 12.1 Å². The average molecular weight is 542 g/mol. The minimum Gasteiger partial charge on any atom is -0.731 e. The average Bonchev–Trinajstić information content (AvgIpc) is 2.86. The Morgan fingerprint density at radius 3 is 2.27 bits per heavy atom. The summed E-state index contributed by atoms with van der Waals surface area (Å²) in [5.41, 5.74) is 1.24. The van der Waals surface area contributed by atoms with Crippen molar-refractivity contribution >= 4 is 34.2 Å². The normalized spacial score (nSPS) is 15.4. The van der Waals surface area contributed by atoms with Crippen LogP contribution in [0, 0.1) is 0 Å². The number of nitrogens with zero attached hydrogens (tertiary/aromatic N) is 2. The van der Waals surface area contributed by atoms with Crippen molar-refractivity contribution in [1.82, 2.24) is 25.2 Å². The van der Waals surface area contributed by atoms with Crippen LogP contribution >= 0.6 is 0 Å². The van der Waals surface area contributed by atoms with Crippen molar-refractivity contribution in [2.75, 3.05) is 20.6 Å². The molecule has 1 fully saturated rings. The van der Waals surface area contributed by atoms with Crippen molar-refractivity contribution in [3.8, 4) is 5.75 Å². The van der Waals surface area contributed by atoms with E-state index in [2.05, 4.69) is 16.0 Å². The van der Waals surface area contributed by atoms with E-state index < -0.39 is 52.8 Å². The van der Waals surface area contributed by atoms with Crippen LogP contribution in [0.4, 0.5) is 9.59 Å². The van der Waals surface area contributed by atoms with Crippen LogP contribution in [-0.4, -0.2) is 72.7 Å². The van der Waals surface area contributed by atoms with Gasteiger partial charge in [0.05, 0.1) is 6.54 Å². The number of ether oxygens (including phenoxy) is 1. The van der Waals surface area contributed by atoms with Gasteiger partial charge < -0.3 is 25.2 Å². The second-order valence-corrected chi connectivity index (χ2v) is 9.02. The van der Waals surface area contributed by atoms with Crippen molar-refractivity contribution in [3.05, 3.63) is 65.7 Å². The first-order chi connectivity index (χ1) is 17.0. The zero-order chi connectivity index (χ0) is 26.5. The first-order valence-corrected chi connectivity index (χ1v) is 12.0. The number of benzene rings is 2. The van der Waals surface area contributed by atoms with Gasteiger partial charge in [-0.25, -0.2) is 27.2 Å². The second-order valence-electron chi connectivity index (χ2n) is 7.73. The van der Waals surface area contributed by atoms with Gasteiger partial charge >= 0.3 is 41.6 Å². The summed E-state index contributed by atoms with van der Waals surface area (Å²) >= 11 is 0. The first-order valence-electron chi connectivity index (χ1n) is 10.6. The first kappa shape index (κ1) is 30.1. The molecular formula is C22H24N5NaO8S. The fraction of sp³-hybridized carbons (Fsp3) is 0.273. The van der Waals surface area contributed by atoms with E-state index >= 15 is 0 Å². The number of carbonyl (C=O) groups excluding carboxylic acids is 4. The summed E-state index contributed by atoms with van der Waals surface area (Å²) in [6.45, 7) is -0.220. The maximum Gasteiger partial charge on any atom is 1.00 e. The van der Waals surface area contributed by atoms with Crippen LogP contribution in [0.15, 0.2) is 54.6 Å². The van der Waals surface area contributed by atoms with E-state index in [1.165, 1.54) is 26.2 Å². The smallest absolute Gasteiger partial charge is 0.731 e. The van der Waals surface area contributed by atoms with Gasteiger partial charge in [-0.2, -0.15) is 0 Å². The largest absolute Gasteiger partial charge is 1.00 e. The molecule has 37 heavy (non-hydrogen) atoms. The topological polar surface area (TPSA) is 177 Å². The molecular weight excluding hydrogens is 517 g/mol. The molecule has 2 aromatic rings. The molecule has 1 aliphatic heterocycles. The Hall–Kier alpha value is -3.17. The van der Waals surface area contributed by atoms with Crippen LogP contribution in [0.5, 0.6) is 5.75 Å². The van der Waals surface area contributed by atoms with Crippen molar-refractivity contribution in [1.29, 1.82) is 0 Å². The zero-order valence-electron chi connectivity index (χ0n) is 20.3. The van der Waals surface area contributed by atoms with E-state index in [-0.39, 0.29) is 33.9 Å². The van der Waals surface area contributed by atoms with E-state index in [9.17, 15) is 32.1 Å². The summed E-state index contributed by atoms with van der Waals surface area (Å²) in [4.78, 5) is 49.9. The Labute approximate surface area is 235 Å². The Balaban J connectivity index is 0.00000481. The molecule has 1 aliphatic rings. The number of carbonyl (C=O) groups is 4. The van der Waals surface area contributed by atoms with Crippen LogP contribution in [-0.2, 0) is 26.5 Å². The molecule has 0 radical (unpaired) electrons.